The summed E-state index contributed by atoms with van der Waals surface area (Å²) >= 11 is 0. The minimum atomic E-state index is 0.514. The van der Waals surface area contributed by atoms with E-state index in [0.717, 1.165) is 45.1 Å². The van der Waals surface area contributed by atoms with Crippen LogP contribution in [0.25, 0.3) is 22.2 Å². The first-order valence-electron chi connectivity index (χ1n) is 9.72. The van der Waals surface area contributed by atoms with Crippen LogP contribution in [0, 0.1) is 13.8 Å². The van der Waals surface area contributed by atoms with Gasteiger partial charge in [-0.3, -0.25) is 0 Å². The summed E-state index contributed by atoms with van der Waals surface area (Å²) in [6.07, 6.45) is 1.68. The van der Waals surface area contributed by atoms with E-state index in [1.807, 2.05) is 0 Å². The molecule has 2 aromatic heterocycles. The minimum absolute atomic E-state index is 0.514. The Hall–Kier alpha value is -3.67. The lowest BCUT2D eigenvalue weighted by molar-refractivity contribution is 0.890. The van der Waals surface area contributed by atoms with Crippen LogP contribution in [0.4, 0.5) is 5.82 Å². The second-order valence-electron chi connectivity index (χ2n) is 7.28. The number of aromatic amines is 1. The summed E-state index contributed by atoms with van der Waals surface area (Å²) in [5, 5.41) is 7.80. The molecule has 6 heteroatoms. The molecule has 3 heterocycles. The number of aliphatic imine (C=N–C) groups is 1. The number of anilines is 1. The summed E-state index contributed by atoms with van der Waals surface area (Å²) < 4.78 is 0. The van der Waals surface area contributed by atoms with Crippen LogP contribution in [-0.4, -0.2) is 27.5 Å². The maximum atomic E-state index is 5.09. The molecular weight excluding hydrogens is 360 g/mol. The lowest BCUT2D eigenvalue weighted by Gasteiger charge is -2.18. The van der Waals surface area contributed by atoms with Crippen molar-refractivity contribution in [2.75, 3.05) is 12.0 Å². The van der Waals surface area contributed by atoms with Gasteiger partial charge < -0.3 is 15.6 Å². The summed E-state index contributed by atoms with van der Waals surface area (Å²) in [5.41, 5.74) is 7.63. The molecule has 0 spiro atoms. The molecule has 3 N–H and O–H groups in total. The third-order valence-electron chi connectivity index (χ3n) is 5.33. The minimum Gasteiger partial charge on any atom is -0.364 e. The van der Waals surface area contributed by atoms with Crippen LogP contribution in [0.15, 0.2) is 59.9 Å². The van der Waals surface area contributed by atoms with Crippen molar-refractivity contribution in [1.82, 2.24) is 20.3 Å². The summed E-state index contributed by atoms with van der Waals surface area (Å²) in [5.74, 6) is 1.64. The summed E-state index contributed by atoms with van der Waals surface area (Å²) in [7, 11) is 0. The van der Waals surface area contributed by atoms with E-state index in [1.54, 1.807) is 6.33 Å². The Bertz CT molecular complexity index is 1240. The highest BCUT2D eigenvalue weighted by Gasteiger charge is 2.18. The highest BCUT2D eigenvalue weighted by molar-refractivity contribution is 6.02. The monoisotopic (exact) mass is 382 g/mol. The van der Waals surface area contributed by atoms with E-state index in [4.69, 9.17) is 4.98 Å². The molecule has 0 atom stereocenters. The lowest BCUT2D eigenvalue weighted by atomic mass is 9.98. The number of H-pyrrole nitrogens is 1. The Balaban J connectivity index is 1.58. The quantitative estimate of drug-likeness (QED) is 0.497. The molecule has 0 saturated carbocycles. The number of fused-ring (bicyclic) bond motifs is 2. The van der Waals surface area contributed by atoms with Gasteiger partial charge in [0.2, 0.25) is 0 Å². The van der Waals surface area contributed by atoms with Gasteiger partial charge in [0.1, 0.15) is 12.4 Å². The van der Waals surface area contributed by atoms with Crippen molar-refractivity contribution in [3.05, 3.63) is 77.2 Å². The van der Waals surface area contributed by atoms with Crippen molar-refractivity contribution in [3.8, 4) is 11.3 Å². The van der Waals surface area contributed by atoms with Gasteiger partial charge in [0, 0.05) is 17.5 Å². The molecule has 29 heavy (non-hydrogen) atoms. The number of benzene rings is 2. The maximum Gasteiger partial charge on any atom is 0.156 e. The van der Waals surface area contributed by atoms with Crippen LogP contribution in [0.1, 0.15) is 22.4 Å². The molecule has 0 unspecified atom stereocenters. The van der Waals surface area contributed by atoms with Crippen molar-refractivity contribution in [2.45, 2.75) is 20.4 Å². The second kappa shape index (κ2) is 7.05. The van der Waals surface area contributed by atoms with Gasteiger partial charge in [-0.15, -0.1) is 0 Å². The van der Waals surface area contributed by atoms with E-state index in [1.165, 1.54) is 11.1 Å². The average molecular weight is 382 g/mol. The van der Waals surface area contributed by atoms with Gasteiger partial charge in [-0.25, -0.2) is 15.0 Å². The largest absolute Gasteiger partial charge is 0.364 e. The number of pyridine rings is 1. The summed E-state index contributed by atoms with van der Waals surface area (Å²) in [6.45, 7) is 5.38. The zero-order valence-electron chi connectivity index (χ0n) is 16.5. The van der Waals surface area contributed by atoms with Crippen molar-refractivity contribution < 1.29 is 0 Å². The van der Waals surface area contributed by atoms with Crippen LogP contribution in [0.3, 0.4) is 0 Å². The number of imidazole rings is 1. The van der Waals surface area contributed by atoms with Crippen molar-refractivity contribution >= 4 is 22.6 Å². The standard InChI is InChI=1S/C23H22N6/c1-14-6-3-4-9-18(14)20-17(10-16-8-5-7-15(2)19(16)29-20)11-24-22-21-23(26-12-25-21)28-13-27-22/h3-10,12,28H,11,13H2,1-2H3,(H,24,27)(H,25,26). The maximum absolute atomic E-state index is 5.09. The predicted octanol–water partition coefficient (Wildman–Crippen LogP) is 4.16. The first-order valence-corrected chi connectivity index (χ1v) is 9.72. The van der Waals surface area contributed by atoms with E-state index in [9.17, 15) is 0 Å². The SMILES string of the molecule is Cc1ccccc1-c1nc2c(C)cccc2cc1CNC1=NCNc2nc[nH]c21. The van der Waals surface area contributed by atoms with Gasteiger partial charge in [-0.1, -0.05) is 42.5 Å². The van der Waals surface area contributed by atoms with E-state index >= 15 is 0 Å². The molecule has 2 aromatic carbocycles. The van der Waals surface area contributed by atoms with Crippen LogP contribution in [-0.2, 0) is 6.54 Å². The molecule has 6 nitrogen and oxygen atoms in total. The Kier molecular flexibility index (Phi) is 4.24. The smallest absolute Gasteiger partial charge is 0.156 e. The van der Waals surface area contributed by atoms with Gasteiger partial charge in [0.15, 0.2) is 11.7 Å². The van der Waals surface area contributed by atoms with Crippen LogP contribution in [0.2, 0.25) is 0 Å². The predicted molar refractivity (Wildman–Crippen MR) is 117 cm³/mol. The molecule has 1 aliphatic heterocycles. The van der Waals surface area contributed by atoms with Crippen LogP contribution < -0.4 is 10.6 Å². The topological polar surface area (TPSA) is 78.0 Å². The highest BCUT2D eigenvalue weighted by atomic mass is 15.2. The fourth-order valence-corrected chi connectivity index (χ4v) is 3.80. The summed E-state index contributed by atoms with van der Waals surface area (Å²) in [6, 6.07) is 16.9. The molecule has 144 valence electrons. The number of amidine groups is 1. The molecule has 0 fully saturated rings. The van der Waals surface area contributed by atoms with Gasteiger partial charge in [-0.05, 0) is 36.6 Å². The van der Waals surface area contributed by atoms with Gasteiger partial charge in [0.25, 0.3) is 0 Å². The number of aromatic nitrogens is 3. The fraction of sp³-hybridized carbons (Fsp3) is 0.174. The Morgan fingerprint density at radius 3 is 2.79 bits per heavy atom. The van der Waals surface area contributed by atoms with E-state index in [-0.39, 0.29) is 0 Å². The number of nitrogens with zero attached hydrogens (tertiary/aromatic N) is 3. The third kappa shape index (κ3) is 3.12. The molecule has 0 aliphatic carbocycles. The van der Waals surface area contributed by atoms with E-state index in [2.05, 4.69) is 88.0 Å². The molecule has 4 aromatic rings. The number of nitrogens with one attached hydrogen (secondary N) is 3. The number of hydrogen-bond donors (Lipinski definition) is 3. The molecule has 0 amide bonds. The fourth-order valence-electron chi connectivity index (χ4n) is 3.80. The van der Waals surface area contributed by atoms with E-state index in [0.29, 0.717) is 13.2 Å². The number of rotatable bonds is 3. The number of hydrogen-bond acceptors (Lipinski definition) is 5. The summed E-state index contributed by atoms with van der Waals surface area (Å²) in [4.78, 5) is 17.1. The van der Waals surface area contributed by atoms with Gasteiger partial charge in [0.05, 0.1) is 17.5 Å². The first kappa shape index (κ1) is 17.4. The van der Waals surface area contributed by atoms with Gasteiger partial charge >= 0.3 is 0 Å². The molecule has 0 radical (unpaired) electrons. The lowest BCUT2D eigenvalue weighted by Crippen LogP contribution is -2.29. The molecule has 0 bridgehead atoms. The third-order valence-corrected chi connectivity index (χ3v) is 5.33. The number of para-hydroxylation sites is 1. The van der Waals surface area contributed by atoms with Crippen LogP contribution >= 0.6 is 0 Å². The molecular formula is C23H22N6. The molecule has 5 rings (SSSR count). The Labute approximate surface area is 169 Å². The van der Waals surface area contributed by atoms with Crippen molar-refractivity contribution in [3.63, 3.8) is 0 Å². The Morgan fingerprint density at radius 2 is 1.90 bits per heavy atom. The van der Waals surface area contributed by atoms with Crippen molar-refractivity contribution in [1.29, 1.82) is 0 Å². The zero-order valence-corrected chi connectivity index (χ0v) is 16.5. The Morgan fingerprint density at radius 1 is 1.03 bits per heavy atom. The second-order valence-corrected chi connectivity index (χ2v) is 7.28. The van der Waals surface area contributed by atoms with E-state index < -0.39 is 0 Å². The highest BCUT2D eigenvalue weighted by Crippen LogP contribution is 2.29. The average Bonchev–Trinajstić information content (AvgIpc) is 3.22. The first-order chi connectivity index (χ1) is 14.2. The molecule has 0 saturated heterocycles. The normalized spacial score (nSPS) is 13.0. The molecule has 1 aliphatic rings. The zero-order chi connectivity index (χ0) is 19.8. The van der Waals surface area contributed by atoms with Gasteiger partial charge in [-0.2, -0.15) is 0 Å². The van der Waals surface area contributed by atoms with Crippen LogP contribution in [0.5, 0.6) is 0 Å². The number of aryl methyl sites for hydroxylation is 2. The van der Waals surface area contributed by atoms with Crippen molar-refractivity contribution in [2.24, 2.45) is 4.99 Å².